The van der Waals surface area contributed by atoms with Crippen molar-refractivity contribution in [2.45, 2.75) is 6.42 Å². The molecule has 0 aliphatic heterocycles. The molecule has 2 aromatic rings. The largest absolute Gasteiger partial charge is 0.495 e. The third-order valence-electron chi connectivity index (χ3n) is 2.52. The van der Waals surface area contributed by atoms with E-state index in [-0.39, 0.29) is 6.01 Å². The van der Waals surface area contributed by atoms with Crippen LogP contribution in [0.3, 0.4) is 0 Å². The lowest BCUT2D eigenvalue weighted by Gasteiger charge is -2.11. The van der Waals surface area contributed by atoms with Crippen LogP contribution < -0.4 is 21.1 Å². The van der Waals surface area contributed by atoms with Crippen LogP contribution in [0.1, 0.15) is 5.89 Å². The molecular formula is C12H14ClN5O3. The minimum atomic E-state index is -0.400. The molecule has 8 nitrogen and oxygen atoms in total. The minimum Gasteiger partial charge on any atom is -0.495 e. The Hall–Kier alpha value is -2.48. The summed E-state index contributed by atoms with van der Waals surface area (Å²) in [6.45, 7) is 0.316. The molecule has 0 aliphatic carbocycles. The average molecular weight is 312 g/mol. The van der Waals surface area contributed by atoms with Crippen molar-refractivity contribution in [3.05, 3.63) is 29.1 Å². The Bertz CT molecular complexity index is 631. The van der Waals surface area contributed by atoms with Gasteiger partial charge in [0.25, 0.3) is 0 Å². The second-order valence-corrected chi connectivity index (χ2v) is 4.45. The topological polar surface area (TPSA) is 115 Å². The van der Waals surface area contributed by atoms with Gasteiger partial charge < -0.3 is 25.5 Å². The van der Waals surface area contributed by atoms with E-state index in [1.165, 1.54) is 7.11 Å². The van der Waals surface area contributed by atoms with Crippen molar-refractivity contribution < 1.29 is 13.9 Å². The van der Waals surface area contributed by atoms with Crippen molar-refractivity contribution in [2.75, 3.05) is 24.7 Å². The standard InChI is InChI=1S/C12H14ClN5O3/c1-20-9-3-2-7(13)6-8(9)16-12(19)15-5-4-10-17-18-11(14)21-10/h2-3,6H,4-5H2,1H3,(H2,14,18)(H2,15,16,19). The van der Waals surface area contributed by atoms with E-state index in [4.69, 9.17) is 26.5 Å². The third-order valence-corrected chi connectivity index (χ3v) is 2.75. The Morgan fingerprint density at radius 1 is 1.48 bits per heavy atom. The fraction of sp³-hybridized carbons (Fsp3) is 0.250. The first-order valence-electron chi connectivity index (χ1n) is 6.04. The molecule has 0 fully saturated rings. The quantitative estimate of drug-likeness (QED) is 0.773. The van der Waals surface area contributed by atoms with Crippen LogP contribution in [0.15, 0.2) is 22.6 Å². The molecule has 9 heteroatoms. The van der Waals surface area contributed by atoms with E-state index in [1.807, 2.05) is 0 Å². The summed E-state index contributed by atoms with van der Waals surface area (Å²) in [5, 5.41) is 13.0. The number of ether oxygens (including phenoxy) is 1. The highest BCUT2D eigenvalue weighted by atomic mass is 35.5. The number of aromatic nitrogens is 2. The van der Waals surface area contributed by atoms with Gasteiger partial charge in [-0.2, -0.15) is 0 Å². The number of nitrogen functional groups attached to an aromatic ring is 1. The number of methoxy groups -OCH3 is 1. The lowest BCUT2D eigenvalue weighted by molar-refractivity contribution is 0.252. The molecule has 0 saturated heterocycles. The molecule has 2 rings (SSSR count). The number of hydrogen-bond acceptors (Lipinski definition) is 6. The van der Waals surface area contributed by atoms with Crippen LogP contribution >= 0.6 is 11.6 Å². The maximum atomic E-state index is 11.8. The molecule has 0 radical (unpaired) electrons. The molecule has 21 heavy (non-hydrogen) atoms. The van der Waals surface area contributed by atoms with Gasteiger partial charge in [-0.05, 0) is 18.2 Å². The Labute approximate surface area is 125 Å². The number of hydrogen-bond donors (Lipinski definition) is 3. The van der Waals surface area contributed by atoms with Crippen LogP contribution in [0.4, 0.5) is 16.5 Å². The number of rotatable bonds is 5. The SMILES string of the molecule is COc1ccc(Cl)cc1NC(=O)NCCc1nnc(N)o1. The number of carbonyl (C=O) groups is 1. The van der Waals surface area contributed by atoms with Gasteiger partial charge >= 0.3 is 12.0 Å². The lowest BCUT2D eigenvalue weighted by atomic mass is 10.3. The van der Waals surface area contributed by atoms with E-state index in [9.17, 15) is 4.79 Å². The average Bonchev–Trinajstić information content (AvgIpc) is 2.85. The number of urea groups is 1. The summed E-state index contributed by atoms with van der Waals surface area (Å²) >= 11 is 5.88. The maximum Gasteiger partial charge on any atom is 0.319 e. The van der Waals surface area contributed by atoms with Gasteiger partial charge in [0.05, 0.1) is 12.8 Å². The predicted octanol–water partition coefficient (Wildman–Crippen LogP) is 1.68. The third kappa shape index (κ3) is 4.25. The number of anilines is 2. The minimum absolute atomic E-state index is 0.00175. The van der Waals surface area contributed by atoms with Crippen molar-refractivity contribution in [3.8, 4) is 5.75 Å². The molecule has 112 valence electrons. The van der Waals surface area contributed by atoms with Crippen molar-refractivity contribution in [2.24, 2.45) is 0 Å². The van der Waals surface area contributed by atoms with Crippen LogP contribution in [0.25, 0.3) is 0 Å². The summed E-state index contributed by atoms with van der Waals surface area (Å²) in [7, 11) is 1.51. The van der Waals surface area contributed by atoms with Crippen LogP contribution in [-0.4, -0.2) is 29.9 Å². The molecule has 0 aliphatic rings. The zero-order valence-corrected chi connectivity index (χ0v) is 12.0. The zero-order valence-electron chi connectivity index (χ0n) is 11.2. The Balaban J connectivity index is 1.85. The lowest BCUT2D eigenvalue weighted by Crippen LogP contribution is -2.30. The summed E-state index contributed by atoms with van der Waals surface area (Å²) in [5.74, 6) is 0.868. The molecular weight excluding hydrogens is 298 g/mol. The van der Waals surface area contributed by atoms with Gasteiger partial charge in [0.1, 0.15) is 5.75 Å². The Morgan fingerprint density at radius 2 is 2.29 bits per heavy atom. The van der Waals surface area contributed by atoms with Crippen molar-refractivity contribution in [3.63, 3.8) is 0 Å². The molecule has 0 saturated carbocycles. The van der Waals surface area contributed by atoms with E-state index < -0.39 is 6.03 Å². The molecule has 4 N–H and O–H groups in total. The monoisotopic (exact) mass is 311 g/mol. The molecule has 2 amide bonds. The fourth-order valence-corrected chi connectivity index (χ4v) is 1.77. The number of benzene rings is 1. The van der Waals surface area contributed by atoms with E-state index in [2.05, 4.69) is 20.8 Å². The first-order chi connectivity index (χ1) is 10.1. The van der Waals surface area contributed by atoms with E-state index >= 15 is 0 Å². The highest BCUT2D eigenvalue weighted by Gasteiger charge is 2.09. The van der Waals surface area contributed by atoms with Crippen LogP contribution in [0.2, 0.25) is 5.02 Å². The highest BCUT2D eigenvalue weighted by Crippen LogP contribution is 2.27. The van der Waals surface area contributed by atoms with Crippen molar-refractivity contribution >= 4 is 29.3 Å². The van der Waals surface area contributed by atoms with E-state index in [0.29, 0.717) is 35.3 Å². The van der Waals surface area contributed by atoms with Crippen LogP contribution in [0.5, 0.6) is 5.75 Å². The molecule has 0 spiro atoms. The smallest absolute Gasteiger partial charge is 0.319 e. The first-order valence-corrected chi connectivity index (χ1v) is 6.42. The van der Waals surface area contributed by atoms with Crippen molar-refractivity contribution in [1.82, 2.24) is 15.5 Å². The number of nitrogens with two attached hydrogens (primary N) is 1. The number of amides is 2. The van der Waals surface area contributed by atoms with Crippen molar-refractivity contribution in [1.29, 1.82) is 0 Å². The number of nitrogens with zero attached hydrogens (tertiary/aromatic N) is 2. The first kappa shape index (κ1) is 14.9. The maximum absolute atomic E-state index is 11.8. The second kappa shape index (κ2) is 6.80. The van der Waals surface area contributed by atoms with E-state index in [0.717, 1.165) is 0 Å². The highest BCUT2D eigenvalue weighted by molar-refractivity contribution is 6.31. The van der Waals surface area contributed by atoms with Crippen LogP contribution in [0, 0.1) is 0 Å². The molecule has 1 aromatic carbocycles. The van der Waals surface area contributed by atoms with Gasteiger partial charge in [-0.25, -0.2) is 4.79 Å². The van der Waals surface area contributed by atoms with Gasteiger partial charge in [-0.3, -0.25) is 0 Å². The molecule has 0 atom stereocenters. The van der Waals surface area contributed by atoms with Gasteiger partial charge in [0.15, 0.2) is 0 Å². The summed E-state index contributed by atoms with van der Waals surface area (Å²) in [6, 6.07) is 4.53. The molecule has 0 unspecified atom stereocenters. The van der Waals surface area contributed by atoms with E-state index in [1.54, 1.807) is 18.2 Å². The molecule has 0 bridgehead atoms. The van der Waals surface area contributed by atoms with Gasteiger partial charge in [0.2, 0.25) is 5.89 Å². The van der Waals surface area contributed by atoms with Gasteiger partial charge in [-0.1, -0.05) is 16.7 Å². The Morgan fingerprint density at radius 3 is 2.95 bits per heavy atom. The number of halogens is 1. The second-order valence-electron chi connectivity index (χ2n) is 4.01. The summed E-state index contributed by atoms with van der Waals surface area (Å²) in [4.78, 5) is 11.8. The zero-order chi connectivity index (χ0) is 15.2. The fourth-order valence-electron chi connectivity index (χ4n) is 1.59. The van der Waals surface area contributed by atoms with Gasteiger partial charge in [-0.15, -0.1) is 5.10 Å². The van der Waals surface area contributed by atoms with Gasteiger partial charge in [0, 0.05) is 18.0 Å². The summed E-state index contributed by atoms with van der Waals surface area (Å²) in [5.41, 5.74) is 5.77. The molecule has 1 aromatic heterocycles. The number of nitrogens with one attached hydrogen (secondary N) is 2. The normalized spacial score (nSPS) is 10.2. The number of carbonyl (C=O) groups excluding carboxylic acids is 1. The summed E-state index contributed by atoms with van der Waals surface area (Å²) in [6.07, 6.45) is 0.379. The van der Waals surface area contributed by atoms with Crippen LogP contribution in [-0.2, 0) is 6.42 Å². The predicted molar refractivity (Wildman–Crippen MR) is 77.4 cm³/mol. The molecule has 1 heterocycles. The summed E-state index contributed by atoms with van der Waals surface area (Å²) < 4.78 is 10.1. The Kier molecular flexibility index (Phi) is 4.83.